The van der Waals surface area contributed by atoms with Gasteiger partial charge in [-0.05, 0) is 51.0 Å². The molecule has 0 N–H and O–H groups in total. The van der Waals surface area contributed by atoms with Gasteiger partial charge in [-0.2, -0.15) is 0 Å². The lowest BCUT2D eigenvalue weighted by Gasteiger charge is -2.39. The molecule has 2 heterocycles. The molecule has 1 aliphatic heterocycles. The van der Waals surface area contributed by atoms with Gasteiger partial charge >= 0.3 is 6.09 Å². The lowest BCUT2D eigenvalue weighted by atomic mass is 9.81. The highest BCUT2D eigenvalue weighted by Crippen LogP contribution is 2.34. The van der Waals surface area contributed by atoms with E-state index < -0.39 is 5.60 Å². The molecule has 1 saturated heterocycles. The number of carbonyl (C=O) groups is 1. The summed E-state index contributed by atoms with van der Waals surface area (Å²) in [7, 11) is 1.65. The van der Waals surface area contributed by atoms with E-state index in [4.69, 9.17) is 25.8 Å². The summed E-state index contributed by atoms with van der Waals surface area (Å²) < 4.78 is 16.8. The minimum absolute atomic E-state index is 0.115. The molecule has 0 bridgehead atoms. The van der Waals surface area contributed by atoms with E-state index in [0.717, 1.165) is 17.7 Å². The largest absolute Gasteiger partial charge is 0.497 e. The molecule has 7 heteroatoms. The maximum atomic E-state index is 12.6. The quantitative estimate of drug-likeness (QED) is 0.652. The molecule has 1 fully saturated rings. The average Bonchev–Trinajstić information content (AvgIpc) is 2.72. The van der Waals surface area contributed by atoms with Gasteiger partial charge in [-0.3, -0.25) is 0 Å². The molecule has 30 heavy (non-hydrogen) atoms. The number of carbonyl (C=O) groups excluding carboxylic acids is 1. The van der Waals surface area contributed by atoms with Gasteiger partial charge in [0, 0.05) is 37.2 Å². The summed E-state index contributed by atoms with van der Waals surface area (Å²) in [6, 6.07) is 11.5. The molecule has 1 aromatic heterocycles. The van der Waals surface area contributed by atoms with E-state index in [1.807, 2.05) is 32.9 Å². The van der Waals surface area contributed by atoms with Crippen LogP contribution >= 0.6 is 11.6 Å². The van der Waals surface area contributed by atoms with Gasteiger partial charge in [-0.25, -0.2) is 9.78 Å². The van der Waals surface area contributed by atoms with Gasteiger partial charge in [0.25, 0.3) is 0 Å². The summed E-state index contributed by atoms with van der Waals surface area (Å²) in [6.45, 7) is 7.35. The Balaban J connectivity index is 1.74. The van der Waals surface area contributed by atoms with E-state index >= 15 is 0 Å². The van der Waals surface area contributed by atoms with Gasteiger partial charge in [-0.15, -0.1) is 0 Å². The molecule has 162 valence electrons. The highest BCUT2D eigenvalue weighted by Gasteiger charge is 2.35. The van der Waals surface area contributed by atoms with Crippen LogP contribution in [0.2, 0.25) is 5.02 Å². The number of piperidine rings is 1. The molecular weight excluding hydrogens is 404 g/mol. The number of aromatic nitrogens is 1. The number of ether oxygens (including phenoxy) is 3. The number of hydrogen-bond donors (Lipinski definition) is 0. The number of benzene rings is 1. The maximum Gasteiger partial charge on any atom is 0.410 e. The Labute approximate surface area is 183 Å². The van der Waals surface area contributed by atoms with Crippen LogP contribution < -0.4 is 9.47 Å². The van der Waals surface area contributed by atoms with Crippen LogP contribution in [0.15, 0.2) is 42.6 Å². The molecule has 1 aromatic carbocycles. The van der Waals surface area contributed by atoms with Crippen LogP contribution in [0.1, 0.15) is 38.7 Å². The fourth-order valence-corrected chi connectivity index (χ4v) is 3.67. The Morgan fingerprint density at radius 3 is 2.53 bits per heavy atom. The first-order valence-electron chi connectivity index (χ1n) is 10.1. The molecule has 0 radical (unpaired) electrons. The Morgan fingerprint density at radius 1 is 1.20 bits per heavy atom. The predicted molar refractivity (Wildman–Crippen MR) is 116 cm³/mol. The predicted octanol–water partition coefficient (Wildman–Crippen LogP) is 5.16. The smallest absolute Gasteiger partial charge is 0.410 e. The number of likely N-dealkylation sites (tertiary alicyclic amines) is 1. The minimum Gasteiger partial charge on any atom is -0.497 e. The Morgan fingerprint density at radius 2 is 1.93 bits per heavy atom. The molecule has 2 unspecified atom stereocenters. The summed E-state index contributed by atoms with van der Waals surface area (Å²) in [4.78, 5) is 18.6. The van der Waals surface area contributed by atoms with E-state index in [1.165, 1.54) is 0 Å². The number of hydrogen-bond acceptors (Lipinski definition) is 5. The first-order valence-corrected chi connectivity index (χ1v) is 10.5. The van der Waals surface area contributed by atoms with Crippen LogP contribution in [-0.4, -0.2) is 48.4 Å². The van der Waals surface area contributed by atoms with Crippen molar-refractivity contribution in [3.63, 3.8) is 0 Å². The van der Waals surface area contributed by atoms with Gasteiger partial charge in [0.2, 0.25) is 5.88 Å². The second-order valence-corrected chi connectivity index (χ2v) is 8.92. The van der Waals surface area contributed by atoms with Gasteiger partial charge in [-0.1, -0.05) is 23.7 Å². The van der Waals surface area contributed by atoms with Gasteiger partial charge in [0.15, 0.2) is 0 Å². The second-order valence-electron chi connectivity index (χ2n) is 8.48. The van der Waals surface area contributed by atoms with Crippen molar-refractivity contribution in [2.45, 2.75) is 38.7 Å². The molecule has 0 aliphatic carbocycles. The molecule has 0 saturated carbocycles. The topological polar surface area (TPSA) is 60.9 Å². The SMILES string of the molecule is COc1ccc(C2CN(C(=O)OC(C)(C)C)CCC2COc2ccc(Cl)cn2)cc1. The van der Waals surface area contributed by atoms with Gasteiger partial charge in [0.05, 0.1) is 18.7 Å². The third-order valence-corrected chi connectivity index (χ3v) is 5.32. The normalized spacial score (nSPS) is 19.3. The third kappa shape index (κ3) is 6.02. The van der Waals surface area contributed by atoms with Crippen molar-refractivity contribution in [1.82, 2.24) is 9.88 Å². The molecular formula is C23H29ClN2O4. The van der Waals surface area contributed by atoms with Crippen molar-refractivity contribution in [3.8, 4) is 11.6 Å². The van der Waals surface area contributed by atoms with Crippen molar-refractivity contribution in [2.24, 2.45) is 5.92 Å². The molecule has 3 rings (SSSR count). The van der Waals surface area contributed by atoms with Crippen LogP contribution in [0.4, 0.5) is 4.79 Å². The number of halogens is 1. The molecule has 6 nitrogen and oxygen atoms in total. The zero-order valence-corrected chi connectivity index (χ0v) is 18.7. The molecule has 0 spiro atoms. The van der Waals surface area contributed by atoms with Crippen molar-refractivity contribution in [2.75, 3.05) is 26.8 Å². The summed E-state index contributed by atoms with van der Waals surface area (Å²) in [5, 5.41) is 0.573. The van der Waals surface area contributed by atoms with Crippen molar-refractivity contribution in [1.29, 1.82) is 0 Å². The second kappa shape index (κ2) is 9.56. The van der Waals surface area contributed by atoms with Crippen LogP contribution in [-0.2, 0) is 4.74 Å². The van der Waals surface area contributed by atoms with Crippen LogP contribution in [0.3, 0.4) is 0 Å². The first kappa shape index (κ1) is 22.2. The van der Waals surface area contributed by atoms with E-state index in [1.54, 1.807) is 30.3 Å². The van der Waals surface area contributed by atoms with Gasteiger partial charge in [0.1, 0.15) is 11.4 Å². The zero-order chi connectivity index (χ0) is 21.7. The first-order chi connectivity index (χ1) is 14.2. The van der Waals surface area contributed by atoms with Crippen LogP contribution in [0.25, 0.3) is 0 Å². The summed E-state index contributed by atoms with van der Waals surface area (Å²) in [6.07, 6.45) is 2.10. The number of nitrogens with zero attached hydrogens (tertiary/aromatic N) is 2. The number of methoxy groups -OCH3 is 1. The van der Waals surface area contributed by atoms with Crippen molar-refractivity contribution in [3.05, 3.63) is 53.2 Å². The fourth-order valence-electron chi connectivity index (χ4n) is 3.56. The lowest BCUT2D eigenvalue weighted by molar-refractivity contribution is 0.0129. The highest BCUT2D eigenvalue weighted by atomic mass is 35.5. The summed E-state index contributed by atoms with van der Waals surface area (Å²) >= 11 is 5.90. The Bertz CT molecular complexity index is 834. The number of rotatable bonds is 5. The summed E-state index contributed by atoms with van der Waals surface area (Å²) in [5.74, 6) is 1.69. The van der Waals surface area contributed by atoms with Crippen molar-refractivity contribution < 1.29 is 19.0 Å². The third-order valence-electron chi connectivity index (χ3n) is 5.10. The molecule has 1 aliphatic rings. The fraction of sp³-hybridized carbons (Fsp3) is 0.478. The molecule has 1 amide bonds. The maximum absolute atomic E-state index is 12.6. The Hall–Kier alpha value is -2.47. The standard InChI is InChI=1S/C23H29ClN2O4/c1-23(2,3)30-22(27)26-12-11-17(15-29-21-10-7-18(24)13-25-21)20(14-26)16-5-8-19(28-4)9-6-16/h5-10,13,17,20H,11-12,14-15H2,1-4H3. The zero-order valence-electron chi connectivity index (χ0n) is 17.9. The lowest BCUT2D eigenvalue weighted by Crippen LogP contribution is -2.46. The monoisotopic (exact) mass is 432 g/mol. The minimum atomic E-state index is -0.521. The van der Waals surface area contributed by atoms with Crippen molar-refractivity contribution >= 4 is 17.7 Å². The molecule has 2 aromatic rings. The Kier molecular flexibility index (Phi) is 7.08. The number of amides is 1. The molecule has 2 atom stereocenters. The van der Waals surface area contributed by atoms with E-state index in [9.17, 15) is 4.79 Å². The van der Waals surface area contributed by atoms with E-state index in [2.05, 4.69) is 17.1 Å². The summed E-state index contributed by atoms with van der Waals surface area (Å²) in [5.41, 5.74) is 0.620. The van der Waals surface area contributed by atoms with E-state index in [0.29, 0.717) is 30.6 Å². The average molecular weight is 433 g/mol. The highest BCUT2D eigenvalue weighted by molar-refractivity contribution is 6.30. The van der Waals surface area contributed by atoms with Gasteiger partial charge < -0.3 is 19.1 Å². The number of pyridine rings is 1. The van der Waals surface area contributed by atoms with Crippen LogP contribution in [0, 0.1) is 5.92 Å². The van der Waals surface area contributed by atoms with Crippen LogP contribution in [0.5, 0.6) is 11.6 Å². The van der Waals surface area contributed by atoms with E-state index in [-0.39, 0.29) is 17.9 Å².